The van der Waals surface area contributed by atoms with Gasteiger partial charge in [-0.2, -0.15) is 4.31 Å². The minimum absolute atomic E-state index is 0.232. The zero-order valence-corrected chi connectivity index (χ0v) is 12.7. The van der Waals surface area contributed by atoms with Crippen molar-refractivity contribution in [2.75, 3.05) is 13.7 Å². The number of thiophene rings is 1. The molecule has 1 aromatic rings. The van der Waals surface area contributed by atoms with Crippen molar-refractivity contribution in [2.24, 2.45) is 0 Å². The molecular formula is C11H16ClNO3S2. The van der Waals surface area contributed by atoms with Crippen LogP contribution in [-0.2, 0) is 21.3 Å². The van der Waals surface area contributed by atoms with Crippen LogP contribution in [0.4, 0.5) is 0 Å². The van der Waals surface area contributed by atoms with Crippen molar-refractivity contribution in [1.82, 2.24) is 4.31 Å². The lowest BCUT2D eigenvalue weighted by Gasteiger charge is -2.22. The lowest BCUT2D eigenvalue weighted by Crippen LogP contribution is -2.39. The molecule has 0 aromatic carbocycles. The van der Waals surface area contributed by atoms with Crippen molar-refractivity contribution < 1.29 is 13.2 Å². The second kappa shape index (κ2) is 5.46. The van der Waals surface area contributed by atoms with E-state index in [-0.39, 0.29) is 6.10 Å². The Bertz CT molecular complexity index is 514. The standard InChI is InChI=1S/C11H16ClNO3S2/c1-8-10(5-6-16-8)18(14,15)13(2)7-9-3-4-11(12)17-9/h3-4,8,10H,5-7H2,1-2H3/t8-,10-/m1/s1. The van der Waals surface area contributed by atoms with Gasteiger partial charge in [0.15, 0.2) is 0 Å². The quantitative estimate of drug-likeness (QED) is 0.857. The topological polar surface area (TPSA) is 46.6 Å². The van der Waals surface area contributed by atoms with E-state index in [1.807, 2.05) is 13.0 Å². The molecule has 0 N–H and O–H groups in total. The second-order valence-corrected chi connectivity index (χ2v) is 8.47. The minimum atomic E-state index is -3.30. The molecule has 0 radical (unpaired) electrons. The molecule has 7 heteroatoms. The number of hydrogen-bond donors (Lipinski definition) is 0. The van der Waals surface area contributed by atoms with Crippen LogP contribution in [0.3, 0.4) is 0 Å². The van der Waals surface area contributed by atoms with Crippen LogP contribution in [-0.4, -0.2) is 37.7 Å². The van der Waals surface area contributed by atoms with E-state index in [1.165, 1.54) is 15.6 Å². The van der Waals surface area contributed by atoms with Gasteiger partial charge in [-0.15, -0.1) is 11.3 Å². The molecule has 0 aliphatic carbocycles. The normalized spacial score (nSPS) is 24.9. The fourth-order valence-electron chi connectivity index (χ4n) is 2.08. The van der Waals surface area contributed by atoms with Gasteiger partial charge in [-0.1, -0.05) is 11.6 Å². The van der Waals surface area contributed by atoms with Gasteiger partial charge in [0.05, 0.1) is 10.4 Å². The van der Waals surface area contributed by atoms with Crippen molar-refractivity contribution in [1.29, 1.82) is 0 Å². The highest BCUT2D eigenvalue weighted by Crippen LogP contribution is 2.27. The van der Waals surface area contributed by atoms with Gasteiger partial charge in [-0.25, -0.2) is 8.42 Å². The third kappa shape index (κ3) is 2.88. The number of halogens is 1. The first kappa shape index (κ1) is 14.3. The molecule has 1 aromatic heterocycles. The van der Waals surface area contributed by atoms with Crippen molar-refractivity contribution >= 4 is 33.0 Å². The number of ether oxygens (including phenoxy) is 1. The summed E-state index contributed by atoms with van der Waals surface area (Å²) in [6, 6.07) is 3.64. The Kier molecular flexibility index (Phi) is 4.33. The van der Waals surface area contributed by atoms with Crippen LogP contribution in [0.1, 0.15) is 18.2 Å². The van der Waals surface area contributed by atoms with Crippen LogP contribution >= 0.6 is 22.9 Å². The largest absolute Gasteiger partial charge is 0.377 e. The molecule has 18 heavy (non-hydrogen) atoms. The Morgan fingerprint density at radius 2 is 2.28 bits per heavy atom. The minimum Gasteiger partial charge on any atom is -0.377 e. The molecule has 1 aliphatic heterocycles. The maximum atomic E-state index is 12.4. The van der Waals surface area contributed by atoms with Crippen LogP contribution in [0, 0.1) is 0 Å². The van der Waals surface area contributed by atoms with Gasteiger partial charge in [0.2, 0.25) is 10.0 Å². The van der Waals surface area contributed by atoms with Gasteiger partial charge < -0.3 is 4.74 Å². The summed E-state index contributed by atoms with van der Waals surface area (Å²) in [5, 5.41) is -0.432. The van der Waals surface area contributed by atoms with Crippen molar-refractivity contribution in [2.45, 2.75) is 31.2 Å². The Balaban J connectivity index is 2.10. The fourth-order valence-corrected chi connectivity index (χ4v) is 5.04. The molecule has 4 nitrogen and oxygen atoms in total. The summed E-state index contributed by atoms with van der Waals surface area (Å²) in [5.41, 5.74) is 0. The molecule has 2 rings (SSSR count). The molecule has 0 bridgehead atoms. The summed E-state index contributed by atoms with van der Waals surface area (Å²) < 4.78 is 32.1. The lowest BCUT2D eigenvalue weighted by atomic mass is 10.3. The number of sulfonamides is 1. The molecule has 0 spiro atoms. The molecule has 102 valence electrons. The maximum absolute atomic E-state index is 12.4. The van der Waals surface area contributed by atoms with Crippen LogP contribution in [0.15, 0.2) is 12.1 Å². The van der Waals surface area contributed by atoms with E-state index >= 15 is 0 Å². The molecule has 2 atom stereocenters. The molecule has 0 amide bonds. The highest BCUT2D eigenvalue weighted by atomic mass is 35.5. The lowest BCUT2D eigenvalue weighted by molar-refractivity contribution is 0.125. The SMILES string of the molecule is C[C@H]1OCC[C@H]1S(=O)(=O)N(C)Cc1ccc(Cl)s1. The predicted molar refractivity (Wildman–Crippen MR) is 73.5 cm³/mol. The first-order valence-electron chi connectivity index (χ1n) is 5.72. The van der Waals surface area contributed by atoms with Gasteiger partial charge in [0.25, 0.3) is 0 Å². The molecule has 1 aliphatic rings. The van der Waals surface area contributed by atoms with Gasteiger partial charge in [-0.05, 0) is 25.5 Å². The average Bonchev–Trinajstić information content (AvgIpc) is 2.87. The number of hydrogen-bond acceptors (Lipinski definition) is 4. The summed E-state index contributed by atoms with van der Waals surface area (Å²) in [6.45, 7) is 2.69. The molecular weight excluding hydrogens is 294 g/mol. The zero-order chi connectivity index (χ0) is 13.3. The van der Waals surface area contributed by atoms with Crippen molar-refractivity contribution in [3.63, 3.8) is 0 Å². The monoisotopic (exact) mass is 309 g/mol. The Morgan fingerprint density at radius 3 is 2.78 bits per heavy atom. The Labute approximate surface area is 117 Å². The molecule has 1 fully saturated rings. The van der Waals surface area contributed by atoms with E-state index in [2.05, 4.69) is 0 Å². The second-order valence-electron chi connectivity index (χ2n) is 4.41. The predicted octanol–water partition coefficient (Wildman–Crippen LogP) is 2.34. The van der Waals surface area contributed by atoms with E-state index < -0.39 is 15.3 Å². The third-order valence-corrected chi connectivity index (χ3v) is 6.73. The van der Waals surface area contributed by atoms with E-state index in [0.717, 1.165) is 4.88 Å². The summed E-state index contributed by atoms with van der Waals surface area (Å²) in [4.78, 5) is 0.942. The van der Waals surface area contributed by atoms with Gasteiger partial charge in [0.1, 0.15) is 5.25 Å². The summed E-state index contributed by atoms with van der Waals surface area (Å²) in [5.74, 6) is 0. The van der Waals surface area contributed by atoms with Crippen LogP contribution < -0.4 is 0 Å². The summed E-state index contributed by atoms with van der Waals surface area (Å²) in [7, 11) is -1.70. The first-order valence-corrected chi connectivity index (χ1v) is 8.42. The van der Waals surface area contributed by atoms with Crippen molar-refractivity contribution in [3.05, 3.63) is 21.3 Å². The smallest absolute Gasteiger partial charge is 0.219 e. The van der Waals surface area contributed by atoms with Crippen LogP contribution in [0.25, 0.3) is 0 Å². The highest BCUT2D eigenvalue weighted by molar-refractivity contribution is 7.89. The van der Waals surface area contributed by atoms with Gasteiger partial charge in [0, 0.05) is 25.1 Å². The zero-order valence-electron chi connectivity index (χ0n) is 10.3. The Morgan fingerprint density at radius 1 is 1.56 bits per heavy atom. The number of nitrogens with zero attached hydrogens (tertiary/aromatic N) is 1. The van der Waals surface area contributed by atoms with Crippen LogP contribution in [0.2, 0.25) is 4.34 Å². The molecule has 0 unspecified atom stereocenters. The van der Waals surface area contributed by atoms with E-state index in [1.54, 1.807) is 13.1 Å². The average molecular weight is 310 g/mol. The number of rotatable bonds is 4. The highest BCUT2D eigenvalue weighted by Gasteiger charge is 2.38. The summed E-state index contributed by atoms with van der Waals surface area (Å²) >= 11 is 7.24. The first-order chi connectivity index (χ1) is 8.41. The van der Waals surface area contributed by atoms with Crippen molar-refractivity contribution in [3.8, 4) is 0 Å². The van der Waals surface area contributed by atoms with Gasteiger partial charge >= 0.3 is 0 Å². The van der Waals surface area contributed by atoms with Gasteiger partial charge in [-0.3, -0.25) is 0 Å². The molecule has 2 heterocycles. The van der Waals surface area contributed by atoms with E-state index in [0.29, 0.717) is 23.9 Å². The maximum Gasteiger partial charge on any atom is 0.219 e. The van der Waals surface area contributed by atoms with Crippen LogP contribution in [0.5, 0.6) is 0 Å². The van der Waals surface area contributed by atoms with E-state index in [9.17, 15) is 8.42 Å². The van der Waals surface area contributed by atoms with E-state index in [4.69, 9.17) is 16.3 Å². The summed E-state index contributed by atoms with van der Waals surface area (Å²) in [6.07, 6.45) is 0.336. The third-order valence-electron chi connectivity index (χ3n) is 3.13. The molecule has 0 saturated carbocycles. The fraction of sp³-hybridized carbons (Fsp3) is 0.636. The Hall–Kier alpha value is -0.140. The molecule has 1 saturated heterocycles.